The third-order valence-corrected chi connectivity index (χ3v) is 4.10. The van der Waals surface area contributed by atoms with E-state index in [0.29, 0.717) is 36.0 Å². The number of thioether (sulfide) groups is 1. The highest BCUT2D eigenvalue weighted by molar-refractivity contribution is 7.97. The van der Waals surface area contributed by atoms with E-state index in [4.69, 9.17) is 4.52 Å². The SMILES string of the molecule is CSCc1noc(CNC(=O)Nc2ccccc2CCC(=O)N(C)C)n1. The van der Waals surface area contributed by atoms with Crippen molar-refractivity contribution in [3.8, 4) is 0 Å². The summed E-state index contributed by atoms with van der Waals surface area (Å²) >= 11 is 1.59. The van der Waals surface area contributed by atoms with Crippen molar-refractivity contribution in [2.45, 2.75) is 25.1 Å². The predicted octanol–water partition coefficient (Wildman–Crippen LogP) is 2.28. The van der Waals surface area contributed by atoms with Crippen LogP contribution in [0.3, 0.4) is 0 Å². The molecule has 1 aromatic carbocycles. The van der Waals surface area contributed by atoms with E-state index in [2.05, 4.69) is 20.8 Å². The first kappa shape index (κ1) is 19.8. The first-order chi connectivity index (χ1) is 12.5. The average Bonchev–Trinajstić information content (AvgIpc) is 3.07. The van der Waals surface area contributed by atoms with Crippen LogP contribution in [0.15, 0.2) is 28.8 Å². The molecule has 0 saturated heterocycles. The summed E-state index contributed by atoms with van der Waals surface area (Å²) in [6, 6.07) is 7.04. The predicted molar refractivity (Wildman–Crippen MR) is 101 cm³/mol. The molecule has 0 aliphatic heterocycles. The molecule has 0 radical (unpaired) electrons. The van der Waals surface area contributed by atoms with Crippen LogP contribution in [0.1, 0.15) is 23.7 Å². The molecule has 0 spiro atoms. The molecular formula is C17H23N5O3S. The maximum Gasteiger partial charge on any atom is 0.319 e. The molecule has 3 amide bonds. The number of aromatic nitrogens is 2. The van der Waals surface area contributed by atoms with Crippen molar-refractivity contribution in [1.29, 1.82) is 0 Å². The number of nitrogens with zero attached hydrogens (tertiary/aromatic N) is 3. The molecule has 1 aromatic heterocycles. The molecule has 140 valence electrons. The van der Waals surface area contributed by atoms with Crippen molar-refractivity contribution in [2.24, 2.45) is 0 Å². The Labute approximate surface area is 156 Å². The third kappa shape index (κ3) is 6.07. The van der Waals surface area contributed by atoms with Gasteiger partial charge in [0.25, 0.3) is 0 Å². The third-order valence-electron chi connectivity index (χ3n) is 3.56. The molecule has 0 saturated carbocycles. The lowest BCUT2D eigenvalue weighted by Gasteiger charge is -2.13. The Morgan fingerprint density at radius 1 is 1.27 bits per heavy atom. The van der Waals surface area contributed by atoms with Gasteiger partial charge in [0.05, 0.1) is 12.3 Å². The highest BCUT2D eigenvalue weighted by Crippen LogP contribution is 2.17. The van der Waals surface area contributed by atoms with Crippen molar-refractivity contribution in [1.82, 2.24) is 20.4 Å². The first-order valence-electron chi connectivity index (χ1n) is 8.13. The van der Waals surface area contributed by atoms with Gasteiger partial charge in [-0.3, -0.25) is 4.79 Å². The second-order valence-electron chi connectivity index (χ2n) is 5.79. The van der Waals surface area contributed by atoms with Gasteiger partial charge in [-0.2, -0.15) is 16.7 Å². The van der Waals surface area contributed by atoms with Crippen LogP contribution in [0.4, 0.5) is 10.5 Å². The second kappa shape index (κ2) is 9.81. The Bertz CT molecular complexity index is 748. The number of benzene rings is 1. The Kier molecular flexibility index (Phi) is 7.46. The van der Waals surface area contributed by atoms with Gasteiger partial charge >= 0.3 is 6.03 Å². The van der Waals surface area contributed by atoms with Crippen LogP contribution >= 0.6 is 11.8 Å². The van der Waals surface area contributed by atoms with Gasteiger partial charge in [-0.1, -0.05) is 23.4 Å². The fraction of sp³-hybridized carbons (Fsp3) is 0.412. The molecule has 2 N–H and O–H groups in total. The van der Waals surface area contributed by atoms with Crippen molar-refractivity contribution in [2.75, 3.05) is 25.7 Å². The van der Waals surface area contributed by atoms with E-state index in [-0.39, 0.29) is 18.5 Å². The van der Waals surface area contributed by atoms with Gasteiger partial charge in [-0.05, 0) is 24.3 Å². The van der Waals surface area contributed by atoms with E-state index in [0.717, 1.165) is 5.56 Å². The number of amides is 3. The van der Waals surface area contributed by atoms with Crippen LogP contribution in [0.25, 0.3) is 0 Å². The molecule has 0 aliphatic rings. The molecule has 2 rings (SSSR count). The molecule has 9 heteroatoms. The molecule has 0 atom stereocenters. The maximum atomic E-state index is 12.1. The average molecular weight is 377 g/mol. The van der Waals surface area contributed by atoms with Crippen LogP contribution < -0.4 is 10.6 Å². The van der Waals surface area contributed by atoms with Gasteiger partial charge in [0.2, 0.25) is 11.8 Å². The minimum Gasteiger partial charge on any atom is -0.349 e. The summed E-state index contributed by atoms with van der Waals surface area (Å²) < 4.78 is 5.07. The Hall–Kier alpha value is -2.55. The first-order valence-corrected chi connectivity index (χ1v) is 9.52. The number of nitrogens with one attached hydrogen (secondary N) is 2. The number of urea groups is 1. The van der Waals surface area contributed by atoms with Gasteiger partial charge in [-0.25, -0.2) is 4.79 Å². The molecule has 1 heterocycles. The summed E-state index contributed by atoms with van der Waals surface area (Å²) in [7, 11) is 3.45. The smallest absolute Gasteiger partial charge is 0.319 e. The number of rotatable bonds is 8. The minimum absolute atomic E-state index is 0.0432. The molecule has 0 fully saturated rings. The van der Waals surface area contributed by atoms with Gasteiger partial charge in [0.1, 0.15) is 0 Å². The van der Waals surface area contributed by atoms with Crippen molar-refractivity contribution < 1.29 is 14.1 Å². The van der Waals surface area contributed by atoms with E-state index in [1.54, 1.807) is 36.8 Å². The van der Waals surface area contributed by atoms with E-state index < -0.39 is 0 Å². The number of anilines is 1. The highest BCUT2D eigenvalue weighted by Gasteiger charge is 2.11. The lowest BCUT2D eigenvalue weighted by Crippen LogP contribution is -2.29. The van der Waals surface area contributed by atoms with Crippen molar-refractivity contribution >= 4 is 29.4 Å². The number of carbonyl (C=O) groups excluding carboxylic acids is 2. The van der Waals surface area contributed by atoms with Crippen LogP contribution in [-0.2, 0) is 23.5 Å². The minimum atomic E-state index is -0.374. The summed E-state index contributed by atoms with van der Waals surface area (Å²) in [4.78, 5) is 29.6. The molecule has 8 nitrogen and oxygen atoms in total. The molecular weight excluding hydrogens is 354 g/mol. The summed E-state index contributed by atoms with van der Waals surface area (Å²) in [6.45, 7) is 0.147. The van der Waals surface area contributed by atoms with E-state index >= 15 is 0 Å². The topological polar surface area (TPSA) is 100 Å². The van der Waals surface area contributed by atoms with Crippen molar-refractivity contribution in [3.63, 3.8) is 0 Å². The number of aryl methyl sites for hydroxylation is 1. The second-order valence-corrected chi connectivity index (χ2v) is 6.66. The molecule has 26 heavy (non-hydrogen) atoms. The van der Waals surface area contributed by atoms with E-state index in [1.165, 1.54) is 0 Å². The summed E-state index contributed by atoms with van der Waals surface area (Å²) in [5.74, 6) is 1.66. The number of carbonyl (C=O) groups is 2. The lowest BCUT2D eigenvalue weighted by molar-refractivity contribution is -0.128. The normalized spacial score (nSPS) is 10.4. The Morgan fingerprint density at radius 3 is 2.77 bits per heavy atom. The van der Waals surface area contributed by atoms with Gasteiger partial charge in [0.15, 0.2) is 5.82 Å². The lowest BCUT2D eigenvalue weighted by atomic mass is 10.1. The van der Waals surface area contributed by atoms with Gasteiger partial charge < -0.3 is 20.1 Å². The highest BCUT2D eigenvalue weighted by atomic mass is 32.2. The largest absolute Gasteiger partial charge is 0.349 e. The van der Waals surface area contributed by atoms with E-state index in [9.17, 15) is 9.59 Å². The number of hydrogen-bond acceptors (Lipinski definition) is 6. The monoisotopic (exact) mass is 377 g/mol. The molecule has 0 bridgehead atoms. The molecule has 0 unspecified atom stereocenters. The van der Waals surface area contributed by atoms with Gasteiger partial charge in [0, 0.05) is 26.2 Å². The fourth-order valence-electron chi connectivity index (χ4n) is 2.20. The standard InChI is InChI=1S/C17H23N5O3S/c1-22(2)16(23)9-8-12-6-4-5-7-13(12)19-17(24)18-10-15-20-14(11-26-3)21-25-15/h4-7H,8-11H2,1-3H3,(H2,18,19,24). The number of hydrogen-bond donors (Lipinski definition) is 2. The van der Waals surface area contributed by atoms with E-state index in [1.807, 2.05) is 24.5 Å². The van der Waals surface area contributed by atoms with Crippen LogP contribution in [0.5, 0.6) is 0 Å². The van der Waals surface area contributed by atoms with Crippen LogP contribution in [0.2, 0.25) is 0 Å². The van der Waals surface area contributed by atoms with Crippen LogP contribution in [-0.4, -0.2) is 47.3 Å². The Balaban J connectivity index is 1.88. The maximum absolute atomic E-state index is 12.1. The zero-order valence-corrected chi connectivity index (χ0v) is 15.9. The van der Waals surface area contributed by atoms with Crippen LogP contribution in [0, 0.1) is 0 Å². The summed E-state index contributed by atoms with van der Waals surface area (Å²) in [5.41, 5.74) is 1.57. The molecule has 2 aromatic rings. The van der Waals surface area contributed by atoms with Gasteiger partial charge in [-0.15, -0.1) is 0 Å². The Morgan fingerprint density at radius 2 is 2.04 bits per heavy atom. The fourth-order valence-corrected chi connectivity index (χ4v) is 2.57. The number of para-hydroxylation sites is 1. The zero-order chi connectivity index (χ0) is 18.9. The zero-order valence-electron chi connectivity index (χ0n) is 15.1. The summed E-state index contributed by atoms with van der Waals surface area (Å²) in [5, 5.41) is 9.30. The van der Waals surface area contributed by atoms with Crippen molar-refractivity contribution in [3.05, 3.63) is 41.5 Å². The molecule has 0 aliphatic carbocycles. The summed E-state index contributed by atoms with van der Waals surface area (Å²) in [6.07, 6.45) is 2.88. The quantitative estimate of drug-likeness (QED) is 0.732.